The molecule has 0 aliphatic rings. The number of ether oxygens (including phenoxy) is 1. The van der Waals surface area contributed by atoms with Crippen LogP contribution >= 0.6 is 0 Å². The van der Waals surface area contributed by atoms with E-state index in [1.165, 1.54) is 7.11 Å². The van der Waals surface area contributed by atoms with Crippen molar-refractivity contribution in [1.29, 1.82) is 0 Å². The molecule has 15 heavy (non-hydrogen) atoms. The number of esters is 1. The van der Waals surface area contributed by atoms with E-state index in [9.17, 15) is 4.79 Å². The Morgan fingerprint density at radius 2 is 1.93 bits per heavy atom. The Balaban J connectivity index is 2.77. The Bertz CT molecular complexity index is 355. The van der Waals surface area contributed by atoms with Crippen molar-refractivity contribution in [2.24, 2.45) is 5.10 Å². The van der Waals surface area contributed by atoms with E-state index in [-0.39, 0.29) is 5.97 Å². The van der Waals surface area contributed by atoms with Gasteiger partial charge in [0.25, 0.3) is 0 Å². The highest BCUT2D eigenvalue weighted by molar-refractivity contribution is 5.90. The van der Waals surface area contributed by atoms with Crippen molar-refractivity contribution in [3.63, 3.8) is 0 Å². The third-order valence-corrected chi connectivity index (χ3v) is 1.77. The van der Waals surface area contributed by atoms with Gasteiger partial charge in [0.1, 0.15) is 0 Å². The van der Waals surface area contributed by atoms with E-state index in [1.807, 2.05) is 26.2 Å². The first-order chi connectivity index (χ1) is 7.13. The van der Waals surface area contributed by atoms with E-state index >= 15 is 0 Å². The fourth-order valence-electron chi connectivity index (χ4n) is 1.01. The molecule has 0 heterocycles. The molecular weight excluding hydrogens is 192 g/mol. The van der Waals surface area contributed by atoms with Crippen LogP contribution < -0.4 is 0 Å². The smallest absolute Gasteiger partial charge is 0.337 e. The van der Waals surface area contributed by atoms with Gasteiger partial charge in [0.05, 0.1) is 18.9 Å². The second kappa shape index (κ2) is 5.14. The Morgan fingerprint density at radius 3 is 2.40 bits per heavy atom. The van der Waals surface area contributed by atoms with Crippen molar-refractivity contribution in [2.75, 3.05) is 21.2 Å². The number of benzene rings is 1. The van der Waals surface area contributed by atoms with Crippen LogP contribution in [0.5, 0.6) is 0 Å². The van der Waals surface area contributed by atoms with Gasteiger partial charge in [0, 0.05) is 14.1 Å². The molecule has 0 atom stereocenters. The monoisotopic (exact) mass is 206 g/mol. The van der Waals surface area contributed by atoms with E-state index in [2.05, 4.69) is 9.84 Å². The molecule has 0 saturated heterocycles. The van der Waals surface area contributed by atoms with Crippen LogP contribution in [-0.4, -0.2) is 38.4 Å². The number of methoxy groups -OCH3 is 1. The maximum atomic E-state index is 11.1. The molecule has 0 amide bonds. The van der Waals surface area contributed by atoms with Crippen molar-refractivity contribution in [3.8, 4) is 0 Å². The lowest BCUT2D eigenvalue weighted by atomic mass is 10.1. The molecule has 1 aromatic carbocycles. The Kier molecular flexibility index (Phi) is 3.85. The Labute approximate surface area is 89.2 Å². The first-order valence-corrected chi connectivity index (χ1v) is 4.53. The molecule has 0 bridgehead atoms. The van der Waals surface area contributed by atoms with Crippen molar-refractivity contribution in [3.05, 3.63) is 35.4 Å². The third kappa shape index (κ3) is 3.42. The summed E-state index contributed by atoms with van der Waals surface area (Å²) in [5.74, 6) is -0.328. The molecular formula is C11H14N2O2. The second-order valence-electron chi connectivity index (χ2n) is 3.21. The summed E-state index contributed by atoms with van der Waals surface area (Å²) in [5.41, 5.74) is 1.48. The van der Waals surface area contributed by atoms with Gasteiger partial charge in [-0.3, -0.25) is 0 Å². The number of carbonyl (C=O) groups is 1. The highest BCUT2D eigenvalue weighted by Crippen LogP contribution is 2.03. The molecule has 0 fully saturated rings. The summed E-state index contributed by atoms with van der Waals surface area (Å²) < 4.78 is 4.59. The lowest BCUT2D eigenvalue weighted by Gasteiger charge is -2.02. The van der Waals surface area contributed by atoms with E-state index in [0.29, 0.717) is 5.56 Å². The standard InChI is InChI=1S/C11H14N2O2/c1-13(2)12-8-9-4-6-10(7-5-9)11(14)15-3/h4-8H,1-3H3/b12-8+. The summed E-state index contributed by atoms with van der Waals surface area (Å²) in [6, 6.07) is 7.06. The minimum absolute atomic E-state index is 0.328. The zero-order chi connectivity index (χ0) is 11.3. The molecule has 0 aliphatic carbocycles. The summed E-state index contributed by atoms with van der Waals surface area (Å²) in [6.07, 6.45) is 1.72. The summed E-state index contributed by atoms with van der Waals surface area (Å²) >= 11 is 0. The largest absolute Gasteiger partial charge is 0.465 e. The first-order valence-electron chi connectivity index (χ1n) is 4.53. The summed E-state index contributed by atoms with van der Waals surface area (Å²) in [7, 11) is 5.06. The number of hydrogen-bond acceptors (Lipinski definition) is 4. The Morgan fingerprint density at radius 1 is 1.33 bits per heavy atom. The van der Waals surface area contributed by atoms with Gasteiger partial charge in [-0.2, -0.15) is 5.10 Å². The highest BCUT2D eigenvalue weighted by atomic mass is 16.5. The molecule has 1 rings (SSSR count). The molecule has 1 aromatic rings. The lowest BCUT2D eigenvalue weighted by Crippen LogP contribution is -2.03. The van der Waals surface area contributed by atoms with Crippen LogP contribution in [0.3, 0.4) is 0 Å². The molecule has 0 aromatic heterocycles. The van der Waals surface area contributed by atoms with Gasteiger partial charge in [-0.25, -0.2) is 4.79 Å². The predicted octanol–water partition coefficient (Wildman–Crippen LogP) is 1.37. The molecule has 0 spiro atoms. The van der Waals surface area contributed by atoms with E-state index in [0.717, 1.165) is 5.56 Å². The van der Waals surface area contributed by atoms with E-state index in [4.69, 9.17) is 0 Å². The van der Waals surface area contributed by atoms with Crippen LogP contribution in [0.25, 0.3) is 0 Å². The zero-order valence-electron chi connectivity index (χ0n) is 9.10. The second-order valence-corrected chi connectivity index (χ2v) is 3.21. The maximum absolute atomic E-state index is 11.1. The molecule has 0 saturated carbocycles. The summed E-state index contributed by atoms with van der Waals surface area (Å²) in [4.78, 5) is 11.1. The highest BCUT2D eigenvalue weighted by Gasteiger charge is 2.02. The van der Waals surface area contributed by atoms with Crippen LogP contribution in [0.15, 0.2) is 29.4 Å². The van der Waals surface area contributed by atoms with Gasteiger partial charge in [0.2, 0.25) is 0 Å². The number of nitrogens with zero attached hydrogens (tertiary/aromatic N) is 2. The summed E-state index contributed by atoms with van der Waals surface area (Å²) in [5, 5.41) is 5.78. The number of hydrazone groups is 1. The minimum atomic E-state index is -0.328. The van der Waals surface area contributed by atoms with Crippen molar-refractivity contribution in [2.45, 2.75) is 0 Å². The third-order valence-electron chi connectivity index (χ3n) is 1.77. The number of carbonyl (C=O) groups excluding carboxylic acids is 1. The fourth-order valence-corrected chi connectivity index (χ4v) is 1.01. The molecule has 0 N–H and O–H groups in total. The fraction of sp³-hybridized carbons (Fsp3) is 0.273. The topological polar surface area (TPSA) is 41.9 Å². The van der Waals surface area contributed by atoms with Crippen molar-refractivity contribution >= 4 is 12.2 Å². The van der Waals surface area contributed by atoms with Crippen molar-refractivity contribution in [1.82, 2.24) is 5.01 Å². The number of rotatable bonds is 3. The molecule has 4 nitrogen and oxygen atoms in total. The van der Waals surface area contributed by atoms with E-state index in [1.54, 1.807) is 23.4 Å². The predicted molar refractivity (Wildman–Crippen MR) is 59.1 cm³/mol. The molecule has 80 valence electrons. The van der Waals surface area contributed by atoms with Gasteiger partial charge in [0.15, 0.2) is 0 Å². The van der Waals surface area contributed by atoms with Crippen LogP contribution in [0.2, 0.25) is 0 Å². The van der Waals surface area contributed by atoms with Gasteiger partial charge in [-0.1, -0.05) is 12.1 Å². The van der Waals surface area contributed by atoms with Crippen LogP contribution in [0.1, 0.15) is 15.9 Å². The average Bonchev–Trinajstić information content (AvgIpc) is 2.26. The van der Waals surface area contributed by atoms with Crippen LogP contribution in [-0.2, 0) is 4.74 Å². The van der Waals surface area contributed by atoms with Gasteiger partial charge in [-0.05, 0) is 17.7 Å². The average molecular weight is 206 g/mol. The van der Waals surface area contributed by atoms with Gasteiger partial charge in [-0.15, -0.1) is 0 Å². The zero-order valence-corrected chi connectivity index (χ0v) is 9.10. The summed E-state index contributed by atoms with van der Waals surface area (Å²) in [6.45, 7) is 0. The first kappa shape index (κ1) is 11.2. The maximum Gasteiger partial charge on any atom is 0.337 e. The normalized spacial score (nSPS) is 10.3. The minimum Gasteiger partial charge on any atom is -0.465 e. The quantitative estimate of drug-likeness (QED) is 0.426. The van der Waals surface area contributed by atoms with Gasteiger partial charge < -0.3 is 9.75 Å². The lowest BCUT2D eigenvalue weighted by molar-refractivity contribution is 0.0601. The SMILES string of the molecule is COC(=O)c1ccc(/C=N/N(C)C)cc1. The molecule has 0 unspecified atom stereocenters. The Hall–Kier alpha value is -1.84. The van der Waals surface area contributed by atoms with E-state index < -0.39 is 0 Å². The molecule has 0 radical (unpaired) electrons. The van der Waals surface area contributed by atoms with Crippen molar-refractivity contribution < 1.29 is 9.53 Å². The molecule has 0 aliphatic heterocycles. The van der Waals surface area contributed by atoms with Gasteiger partial charge >= 0.3 is 5.97 Å². The van der Waals surface area contributed by atoms with Crippen LogP contribution in [0.4, 0.5) is 0 Å². The van der Waals surface area contributed by atoms with Crippen LogP contribution in [0, 0.1) is 0 Å². The number of hydrogen-bond donors (Lipinski definition) is 0. The molecule has 4 heteroatoms.